The molecule has 0 aromatic carbocycles. The van der Waals surface area contributed by atoms with Crippen LogP contribution in [0.5, 0.6) is 0 Å². The van der Waals surface area contributed by atoms with Gasteiger partial charge in [0.1, 0.15) is 5.52 Å². The van der Waals surface area contributed by atoms with E-state index < -0.39 is 0 Å². The highest BCUT2D eigenvalue weighted by molar-refractivity contribution is 5.91. The number of piperidine rings is 1. The van der Waals surface area contributed by atoms with E-state index in [4.69, 9.17) is 19.9 Å². The van der Waals surface area contributed by atoms with Crippen LogP contribution < -0.4 is 0 Å². The first-order valence-corrected chi connectivity index (χ1v) is 12.4. The van der Waals surface area contributed by atoms with Gasteiger partial charge in [0, 0.05) is 61.1 Å². The fourth-order valence-corrected chi connectivity index (χ4v) is 5.39. The first-order valence-electron chi connectivity index (χ1n) is 12.4. The molecule has 2 fully saturated rings. The van der Waals surface area contributed by atoms with Gasteiger partial charge >= 0.3 is 0 Å². The van der Waals surface area contributed by atoms with Crippen LogP contribution in [0.1, 0.15) is 50.4 Å². The number of ether oxygens (including phenoxy) is 1. The predicted octanol–water partition coefficient (Wildman–Crippen LogP) is 4.00. The fourth-order valence-electron chi connectivity index (χ4n) is 5.39. The number of rotatable bonds is 5. The third-order valence-electron chi connectivity index (χ3n) is 7.53. The Labute approximate surface area is 199 Å². The van der Waals surface area contributed by atoms with Gasteiger partial charge in [0.2, 0.25) is 0 Å². The molecule has 0 aliphatic carbocycles. The topological polar surface area (TPSA) is 89.7 Å². The molecule has 0 atom stereocenters. The van der Waals surface area contributed by atoms with Crippen molar-refractivity contribution in [2.45, 2.75) is 51.6 Å². The van der Waals surface area contributed by atoms with Crippen molar-refractivity contribution in [1.29, 1.82) is 0 Å². The van der Waals surface area contributed by atoms with E-state index in [1.807, 2.05) is 24.8 Å². The Bertz CT molecular complexity index is 1270. The fraction of sp³-hybridized carbons (Fsp3) is 0.520. The normalized spacial score (nSPS) is 18.8. The van der Waals surface area contributed by atoms with Crippen molar-refractivity contribution in [3.63, 3.8) is 0 Å². The largest absolute Gasteiger partial charge is 0.381 e. The van der Waals surface area contributed by atoms with E-state index in [1.165, 1.54) is 0 Å². The molecule has 0 bridgehead atoms. The summed E-state index contributed by atoms with van der Waals surface area (Å²) < 4.78 is 9.80. The SMILES string of the molecule is CCN1CCC(n2cc(-c3c[nH]c4ncc(-c5cnn(C6CCOCC6)c5C)nc34)cn2)CC1. The monoisotopic (exact) mass is 460 g/mol. The average molecular weight is 461 g/mol. The van der Waals surface area contributed by atoms with Gasteiger partial charge in [-0.15, -0.1) is 0 Å². The summed E-state index contributed by atoms with van der Waals surface area (Å²) in [7, 11) is 0. The van der Waals surface area contributed by atoms with Crippen molar-refractivity contribution in [3.8, 4) is 22.4 Å². The van der Waals surface area contributed by atoms with E-state index in [2.05, 4.69) is 44.3 Å². The molecule has 34 heavy (non-hydrogen) atoms. The Morgan fingerprint density at radius 1 is 1.00 bits per heavy atom. The van der Waals surface area contributed by atoms with Crippen LogP contribution in [0.15, 0.2) is 31.0 Å². The number of H-pyrrole nitrogens is 1. The molecule has 0 saturated carbocycles. The van der Waals surface area contributed by atoms with Crippen LogP contribution in [0.25, 0.3) is 33.5 Å². The summed E-state index contributed by atoms with van der Waals surface area (Å²) in [5.74, 6) is 0. The molecular formula is C25H32N8O. The van der Waals surface area contributed by atoms with Crippen LogP contribution in [0.3, 0.4) is 0 Å². The highest BCUT2D eigenvalue weighted by Crippen LogP contribution is 2.32. The number of nitrogens with zero attached hydrogens (tertiary/aromatic N) is 7. The summed E-state index contributed by atoms with van der Waals surface area (Å²) in [6.07, 6.45) is 14.2. The zero-order chi connectivity index (χ0) is 23.1. The van der Waals surface area contributed by atoms with Crippen molar-refractivity contribution in [1.82, 2.24) is 39.4 Å². The smallest absolute Gasteiger partial charge is 0.156 e. The molecule has 0 amide bonds. The van der Waals surface area contributed by atoms with Crippen molar-refractivity contribution < 1.29 is 4.74 Å². The van der Waals surface area contributed by atoms with Gasteiger partial charge in [0.15, 0.2) is 5.65 Å². The van der Waals surface area contributed by atoms with Crippen LogP contribution in [-0.4, -0.2) is 72.3 Å². The first-order chi connectivity index (χ1) is 16.7. The molecule has 4 aromatic rings. The number of fused-ring (bicyclic) bond motifs is 1. The van der Waals surface area contributed by atoms with Crippen LogP contribution in [0.2, 0.25) is 0 Å². The Balaban J connectivity index is 1.29. The van der Waals surface area contributed by atoms with E-state index >= 15 is 0 Å². The second-order valence-corrected chi connectivity index (χ2v) is 9.46. The maximum Gasteiger partial charge on any atom is 0.156 e. The minimum atomic E-state index is 0.386. The standard InChI is InChI=1S/C25H32N8O/c1-3-31-8-4-19(5-9-31)32-16-18(12-28-32)22-13-26-25-24(22)30-23(15-27-25)21-14-29-33(17(21)2)20-6-10-34-11-7-20/h12-16,19-20H,3-11H2,1-2H3,(H,26,27). The van der Waals surface area contributed by atoms with E-state index in [0.29, 0.717) is 12.1 Å². The van der Waals surface area contributed by atoms with Gasteiger partial charge in [0.05, 0.1) is 36.4 Å². The Morgan fingerprint density at radius 3 is 2.62 bits per heavy atom. The Hall–Kier alpha value is -3.04. The number of nitrogens with one attached hydrogen (secondary N) is 1. The lowest BCUT2D eigenvalue weighted by atomic mass is 10.1. The molecule has 9 heteroatoms. The molecule has 9 nitrogen and oxygen atoms in total. The van der Waals surface area contributed by atoms with Crippen molar-refractivity contribution in [2.75, 3.05) is 32.8 Å². The minimum Gasteiger partial charge on any atom is -0.381 e. The second-order valence-electron chi connectivity index (χ2n) is 9.46. The van der Waals surface area contributed by atoms with Gasteiger partial charge in [-0.3, -0.25) is 9.36 Å². The lowest BCUT2D eigenvalue weighted by Gasteiger charge is -2.31. The molecule has 6 heterocycles. The molecule has 0 unspecified atom stereocenters. The molecule has 0 radical (unpaired) electrons. The Kier molecular flexibility index (Phi) is 5.66. The third kappa shape index (κ3) is 3.82. The molecule has 0 spiro atoms. The summed E-state index contributed by atoms with van der Waals surface area (Å²) >= 11 is 0. The highest BCUT2D eigenvalue weighted by atomic mass is 16.5. The maximum absolute atomic E-state index is 5.52. The first kappa shape index (κ1) is 21.5. The number of hydrogen-bond donors (Lipinski definition) is 1. The maximum atomic E-state index is 5.52. The van der Waals surface area contributed by atoms with Gasteiger partial charge in [-0.25, -0.2) is 9.97 Å². The number of hydrogen-bond acceptors (Lipinski definition) is 6. The molecule has 6 rings (SSSR count). The average Bonchev–Trinajstić information content (AvgIpc) is 3.62. The van der Waals surface area contributed by atoms with Gasteiger partial charge < -0.3 is 14.6 Å². The number of aromatic amines is 1. The zero-order valence-electron chi connectivity index (χ0n) is 19.9. The number of aromatic nitrogens is 7. The molecule has 2 saturated heterocycles. The van der Waals surface area contributed by atoms with Gasteiger partial charge in [0.25, 0.3) is 0 Å². The quantitative estimate of drug-likeness (QED) is 0.484. The summed E-state index contributed by atoms with van der Waals surface area (Å²) in [4.78, 5) is 15.5. The highest BCUT2D eigenvalue weighted by Gasteiger charge is 2.23. The summed E-state index contributed by atoms with van der Waals surface area (Å²) in [5, 5.41) is 9.42. The van der Waals surface area contributed by atoms with Crippen LogP contribution in [0.4, 0.5) is 0 Å². The Morgan fingerprint density at radius 2 is 1.82 bits per heavy atom. The van der Waals surface area contributed by atoms with E-state index in [1.54, 1.807) is 0 Å². The summed E-state index contributed by atoms with van der Waals surface area (Å²) in [5.41, 5.74) is 6.79. The van der Waals surface area contributed by atoms with Gasteiger partial charge in [-0.1, -0.05) is 6.92 Å². The molecule has 2 aliphatic rings. The molecule has 2 aliphatic heterocycles. The van der Waals surface area contributed by atoms with Crippen molar-refractivity contribution in [3.05, 3.63) is 36.7 Å². The van der Waals surface area contributed by atoms with Gasteiger partial charge in [-0.2, -0.15) is 10.2 Å². The van der Waals surface area contributed by atoms with E-state index in [9.17, 15) is 0 Å². The van der Waals surface area contributed by atoms with Crippen molar-refractivity contribution in [2.24, 2.45) is 0 Å². The molecule has 1 N–H and O–H groups in total. The van der Waals surface area contributed by atoms with Crippen molar-refractivity contribution >= 4 is 11.2 Å². The molecule has 178 valence electrons. The second kappa shape index (κ2) is 8.96. The van der Waals surface area contributed by atoms with E-state index in [-0.39, 0.29) is 0 Å². The van der Waals surface area contributed by atoms with Crippen LogP contribution >= 0.6 is 0 Å². The van der Waals surface area contributed by atoms with Crippen LogP contribution in [-0.2, 0) is 4.74 Å². The molecule has 4 aromatic heterocycles. The minimum absolute atomic E-state index is 0.386. The van der Waals surface area contributed by atoms with Gasteiger partial charge in [-0.05, 0) is 39.2 Å². The van der Waals surface area contributed by atoms with E-state index in [0.717, 1.165) is 97.8 Å². The summed E-state index contributed by atoms with van der Waals surface area (Å²) in [6.45, 7) is 9.34. The number of likely N-dealkylation sites (tertiary alicyclic amines) is 1. The third-order valence-corrected chi connectivity index (χ3v) is 7.53. The lowest BCUT2D eigenvalue weighted by molar-refractivity contribution is 0.0657. The summed E-state index contributed by atoms with van der Waals surface area (Å²) in [6, 6.07) is 0.846. The molecular weight excluding hydrogens is 428 g/mol. The zero-order valence-corrected chi connectivity index (χ0v) is 19.9. The lowest BCUT2D eigenvalue weighted by Crippen LogP contribution is -2.34. The van der Waals surface area contributed by atoms with Crippen LogP contribution in [0, 0.1) is 6.92 Å². The predicted molar refractivity (Wildman–Crippen MR) is 131 cm³/mol.